The van der Waals surface area contributed by atoms with Crippen LogP contribution in [-0.2, 0) is 0 Å². The fourth-order valence-corrected chi connectivity index (χ4v) is 6.36. The van der Waals surface area contributed by atoms with E-state index in [0.29, 0.717) is 28.5 Å². The molecule has 1 atom stereocenters. The lowest BCUT2D eigenvalue weighted by Crippen LogP contribution is -2.56. The highest BCUT2D eigenvalue weighted by atomic mass is 79.9. The number of amides is 3. The smallest absolute Gasteiger partial charge is 0.282 e. The Morgan fingerprint density at radius 3 is 1.80 bits per heavy atom. The Morgan fingerprint density at radius 1 is 0.800 bits per heavy atom. The molecular weight excluding hydrogens is 735 g/mol. The van der Waals surface area contributed by atoms with Crippen LogP contribution >= 0.6 is 75.3 Å². The maximum absolute atomic E-state index is 13.8. The highest BCUT2D eigenvalue weighted by Gasteiger charge is 2.48. The molecule has 3 aromatic rings. The SMILES string of the molecule is C[C@@H](C(=O)c1ccccc1)N(C(=O)c1ccccc1Cl)N1C(=O)c2c(Br)c(Br)c(Br)c(Br)c2C1=O. The third-order valence-corrected chi connectivity index (χ3v) is 10.5. The van der Waals surface area contributed by atoms with E-state index in [1.165, 1.54) is 19.1 Å². The van der Waals surface area contributed by atoms with E-state index >= 15 is 0 Å². The summed E-state index contributed by atoms with van der Waals surface area (Å²) >= 11 is 19.8. The monoisotopic (exact) mass is 744 g/mol. The number of imide groups is 1. The van der Waals surface area contributed by atoms with Crippen LogP contribution < -0.4 is 0 Å². The van der Waals surface area contributed by atoms with Crippen molar-refractivity contribution in [3.05, 3.63) is 99.8 Å². The van der Waals surface area contributed by atoms with Crippen LogP contribution in [0, 0.1) is 0 Å². The van der Waals surface area contributed by atoms with E-state index in [0.717, 1.165) is 5.01 Å². The Balaban J connectivity index is 1.89. The average molecular weight is 748 g/mol. The first-order valence-electron chi connectivity index (χ1n) is 9.99. The van der Waals surface area contributed by atoms with Gasteiger partial charge in [0.15, 0.2) is 5.78 Å². The number of rotatable bonds is 5. The Morgan fingerprint density at radius 2 is 1.29 bits per heavy atom. The van der Waals surface area contributed by atoms with Gasteiger partial charge in [-0.3, -0.25) is 19.2 Å². The molecule has 0 radical (unpaired) electrons. The molecule has 1 heterocycles. The zero-order chi connectivity index (χ0) is 25.6. The summed E-state index contributed by atoms with van der Waals surface area (Å²) in [6.45, 7) is 1.46. The molecule has 0 bridgehead atoms. The van der Waals surface area contributed by atoms with Crippen molar-refractivity contribution >= 4 is 98.8 Å². The number of hydrogen-bond donors (Lipinski definition) is 0. The number of hydrogen-bond acceptors (Lipinski definition) is 4. The molecule has 35 heavy (non-hydrogen) atoms. The second-order valence-electron chi connectivity index (χ2n) is 7.46. The lowest BCUT2D eigenvalue weighted by Gasteiger charge is -2.34. The van der Waals surface area contributed by atoms with Gasteiger partial charge >= 0.3 is 0 Å². The molecule has 3 aromatic carbocycles. The van der Waals surface area contributed by atoms with Gasteiger partial charge < -0.3 is 0 Å². The van der Waals surface area contributed by atoms with Gasteiger partial charge in [-0.2, -0.15) is 5.01 Å². The van der Waals surface area contributed by atoms with Gasteiger partial charge in [0, 0.05) is 23.5 Å². The maximum Gasteiger partial charge on any atom is 0.282 e. The van der Waals surface area contributed by atoms with Crippen molar-refractivity contribution < 1.29 is 19.2 Å². The van der Waals surface area contributed by atoms with Crippen LogP contribution in [0.2, 0.25) is 5.02 Å². The first kappa shape index (κ1) is 26.2. The van der Waals surface area contributed by atoms with E-state index in [1.54, 1.807) is 42.5 Å². The second kappa shape index (κ2) is 10.3. The van der Waals surface area contributed by atoms with E-state index < -0.39 is 29.5 Å². The van der Waals surface area contributed by atoms with Crippen molar-refractivity contribution in [2.24, 2.45) is 0 Å². The van der Waals surface area contributed by atoms with E-state index in [2.05, 4.69) is 63.7 Å². The lowest BCUT2D eigenvalue weighted by atomic mass is 10.0. The van der Waals surface area contributed by atoms with Crippen molar-refractivity contribution in [2.45, 2.75) is 13.0 Å². The Labute approximate surface area is 239 Å². The predicted molar refractivity (Wildman–Crippen MR) is 146 cm³/mol. The molecule has 0 spiro atoms. The normalized spacial score (nSPS) is 13.6. The van der Waals surface area contributed by atoms with Gasteiger partial charge in [0.1, 0.15) is 6.04 Å². The van der Waals surface area contributed by atoms with Crippen LogP contribution in [0.1, 0.15) is 48.4 Å². The van der Waals surface area contributed by atoms with Gasteiger partial charge in [-0.1, -0.05) is 54.1 Å². The number of carbonyl (C=O) groups excluding carboxylic acids is 4. The van der Waals surface area contributed by atoms with Crippen LogP contribution in [0.25, 0.3) is 0 Å². The summed E-state index contributed by atoms with van der Waals surface area (Å²) in [5.41, 5.74) is 0.460. The van der Waals surface area contributed by atoms with E-state index in [9.17, 15) is 19.2 Å². The van der Waals surface area contributed by atoms with Gasteiger partial charge in [-0.05, 0) is 82.8 Å². The molecule has 0 aliphatic carbocycles. The molecule has 4 rings (SSSR count). The summed E-state index contributed by atoms with van der Waals surface area (Å²) in [6.07, 6.45) is 0. The molecule has 0 fully saturated rings. The zero-order valence-electron chi connectivity index (χ0n) is 17.7. The number of benzene rings is 3. The Kier molecular flexibility index (Phi) is 7.68. The van der Waals surface area contributed by atoms with Gasteiger partial charge in [0.25, 0.3) is 17.7 Å². The van der Waals surface area contributed by atoms with E-state index in [1.807, 2.05) is 0 Å². The molecule has 178 valence electrons. The fraction of sp³-hybridized carbons (Fsp3) is 0.0833. The van der Waals surface area contributed by atoms with Crippen LogP contribution in [0.3, 0.4) is 0 Å². The number of halogens is 5. The molecule has 0 N–H and O–H groups in total. The predicted octanol–water partition coefficient (Wildman–Crippen LogP) is 7.31. The number of fused-ring (bicyclic) bond motifs is 1. The molecule has 0 saturated heterocycles. The number of Topliss-reactive ketones (excluding diaryl/α,β-unsaturated/α-hetero) is 1. The minimum atomic E-state index is -1.21. The maximum atomic E-state index is 13.8. The third-order valence-electron chi connectivity index (χ3n) is 5.41. The van der Waals surface area contributed by atoms with Gasteiger partial charge in [-0.25, -0.2) is 5.01 Å². The van der Waals surface area contributed by atoms with Crippen molar-refractivity contribution in [1.29, 1.82) is 0 Å². The molecule has 0 aromatic heterocycles. The average Bonchev–Trinajstić information content (AvgIpc) is 3.12. The van der Waals surface area contributed by atoms with Crippen molar-refractivity contribution in [3.63, 3.8) is 0 Å². The number of hydrazine groups is 1. The summed E-state index contributed by atoms with van der Waals surface area (Å²) in [7, 11) is 0. The van der Waals surface area contributed by atoms with Crippen LogP contribution in [0.15, 0.2) is 72.5 Å². The van der Waals surface area contributed by atoms with Crippen molar-refractivity contribution in [1.82, 2.24) is 10.0 Å². The van der Waals surface area contributed by atoms with Gasteiger partial charge in [0.2, 0.25) is 0 Å². The number of ketones is 1. The van der Waals surface area contributed by atoms with E-state index in [4.69, 9.17) is 11.6 Å². The highest BCUT2D eigenvalue weighted by molar-refractivity contribution is 9.15. The second-order valence-corrected chi connectivity index (χ2v) is 11.0. The number of nitrogens with zero attached hydrogens (tertiary/aromatic N) is 2. The fourth-order valence-electron chi connectivity index (χ4n) is 3.69. The summed E-state index contributed by atoms with van der Waals surface area (Å²) in [5.74, 6) is -2.76. The molecule has 3 amide bonds. The van der Waals surface area contributed by atoms with Crippen LogP contribution in [0.5, 0.6) is 0 Å². The van der Waals surface area contributed by atoms with E-state index in [-0.39, 0.29) is 21.7 Å². The molecular formula is C24H13Br4ClN2O4. The third kappa shape index (κ3) is 4.44. The molecule has 1 aliphatic heterocycles. The summed E-state index contributed by atoms with van der Waals surface area (Å²) in [5, 5.41) is 1.70. The van der Waals surface area contributed by atoms with Gasteiger partial charge in [0.05, 0.1) is 21.7 Å². The molecule has 6 nitrogen and oxygen atoms in total. The first-order valence-corrected chi connectivity index (χ1v) is 13.5. The summed E-state index contributed by atoms with van der Waals surface area (Å²) in [6, 6.07) is 13.3. The minimum absolute atomic E-state index is 0.0407. The molecule has 11 heteroatoms. The first-order chi connectivity index (χ1) is 16.6. The van der Waals surface area contributed by atoms with Crippen molar-refractivity contribution in [3.8, 4) is 0 Å². The molecule has 0 unspecified atom stereocenters. The summed E-state index contributed by atoms with van der Waals surface area (Å²) < 4.78 is 1.67. The van der Waals surface area contributed by atoms with Gasteiger partial charge in [-0.15, -0.1) is 0 Å². The largest absolute Gasteiger partial charge is 0.292 e. The lowest BCUT2D eigenvalue weighted by molar-refractivity contribution is -0.00684. The van der Waals surface area contributed by atoms with Crippen molar-refractivity contribution in [2.75, 3.05) is 0 Å². The summed E-state index contributed by atoms with van der Waals surface area (Å²) in [4.78, 5) is 54.5. The zero-order valence-corrected chi connectivity index (χ0v) is 24.8. The Hall–Kier alpha value is -1.85. The van der Waals surface area contributed by atoms with Crippen LogP contribution in [0.4, 0.5) is 0 Å². The quantitative estimate of drug-likeness (QED) is 0.119. The minimum Gasteiger partial charge on any atom is -0.292 e. The number of carbonyl (C=O) groups is 4. The Bertz CT molecular complexity index is 1370. The molecule has 0 saturated carbocycles. The topological polar surface area (TPSA) is 74.8 Å². The standard InChI is InChI=1S/C24H13Br4ClN2O4/c1-11(21(32)12-7-3-2-4-8-12)30(22(33)13-9-5-6-10-14(13)29)31-23(34)15-16(24(31)35)18(26)20(28)19(27)17(15)25/h2-11H,1H3/t11-/m0/s1. The van der Waals surface area contributed by atoms with Crippen LogP contribution in [-0.4, -0.2) is 39.6 Å². The molecule has 1 aliphatic rings. The highest BCUT2D eigenvalue weighted by Crippen LogP contribution is 2.46.